The zero-order valence-corrected chi connectivity index (χ0v) is 19.9. The zero-order valence-electron chi connectivity index (χ0n) is 19.0. The first-order valence-electron chi connectivity index (χ1n) is 11.1. The number of carbonyl (C=O) groups excluding carboxylic acids is 1. The van der Waals surface area contributed by atoms with Crippen molar-refractivity contribution in [1.29, 1.82) is 0 Å². The van der Waals surface area contributed by atoms with Crippen LogP contribution in [0.3, 0.4) is 0 Å². The molecule has 34 heavy (non-hydrogen) atoms. The molecule has 3 heterocycles. The van der Waals surface area contributed by atoms with E-state index in [9.17, 15) is 18.7 Å². The van der Waals surface area contributed by atoms with E-state index >= 15 is 0 Å². The van der Waals surface area contributed by atoms with Gasteiger partial charge in [-0.3, -0.25) is 9.97 Å². The van der Waals surface area contributed by atoms with Crippen LogP contribution in [0.25, 0.3) is 28.0 Å². The molecule has 1 aliphatic heterocycles. The summed E-state index contributed by atoms with van der Waals surface area (Å²) in [5.74, 6) is -0.622. The number of aliphatic hydroxyl groups is 1. The number of hydrogen-bond acceptors (Lipinski definition) is 5. The number of alkyl halides is 2. The van der Waals surface area contributed by atoms with Gasteiger partial charge in [-0.05, 0) is 60.4 Å². The Balaban J connectivity index is 1.73. The van der Waals surface area contributed by atoms with E-state index in [2.05, 4.69) is 28.7 Å². The summed E-state index contributed by atoms with van der Waals surface area (Å²) in [6.45, 7) is 7.47. The van der Waals surface area contributed by atoms with E-state index in [4.69, 9.17) is 0 Å². The molecule has 4 rings (SSSR count). The predicted molar refractivity (Wildman–Crippen MR) is 132 cm³/mol. The third kappa shape index (κ3) is 4.95. The molecule has 0 fully saturated rings. The molecule has 0 spiro atoms. The van der Waals surface area contributed by atoms with E-state index in [1.54, 1.807) is 37.1 Å². The first-order valence-corrected chi connectivity index (χ1v) is 12.0. The lowest BCUT2D eigenvalue weighted by Gasteiger charge is -2.18. The minimum Gasteiger partial charge on any atom is -0.386 e. The fourth-order valence-electron chi connectivity index (χ4n) is 4.07. The minimum absolute atomic E-state index is 0.119. The maximum absolute atomic E-state index is 12.9. The van der Waals surface area contributed by atoms with Crippen molar-refractivity contribution in [2.45, 2.75) is 55.3 Å². The van der Waals surface area contributed by atoms with Gasteiger partial charge in [0.2, 0.25) is 0 Å². The fourth-order valence-corrected chi connectivity index (χ4v) is 5.46. The Morgan fingerprint density at radius 2 is 1.91 bits per heavy atom. The van der Waals surface area contributed by atoms with Crippen LogP contribution in [-0.4, -0.2) is 38.6 Å². The molecule has 1 N–H and O–H groups in total. The molecule has 1 aliphatic rings. The van der Waals surface area contributed by atoms with Crippen molar-refractivity contribution in [1.82, 2.24) is 9.97 Å². The van der Waals surface area contributed by atoms with Crippen LogP contribution in [0.1, 0.15) is 43.9 Å². The average molecular weight is 481 g/mol. The number of aromatic nitrogens is 2. The molecule has 4 nitrogen and oxygen atoms in total. The SMILES string of the molecule is C=C1c2cc(-c3ccc(C(C)C(O)C(F)F)nc3)cc(-c3ccccn3)c2SC1CCC(C)=O. The Morgan fingerprint density at radius 3 is 2.53 bits per heavy atom. The normalized spacial score (nSPS) is 17.0. The summed E-state index contributed by atoms with van der Waals surface area (Å²) >= 11 is 1.72. The number of nitrogens with zero attached hydrogens (tertiary/aromatic N) is 2. The van der Waals surface area contributed by atoms with Crippen LogP contribution in [0.4, 0.5) is 8.78 Å². The van der Waals surface area contributed by atoms with Crippen molar-refractivity contribution >= 4 is 23.1 Å². The monoisotopic (exact) mass is 480 g/mol. The number of ketones is 1. The van der Waals surface area contributed by atoms with Crippen molar-refractivity contribution in [2.24, 2.45) is 0 Å². The second kappa shape index (κ2) is 10.2. The maximum Gasteiger partial charge on any atom is 0.264 e. The van der Waals surface area contributed by atoms with Gasteiger partial charge in [0.15, 0.2) is 0 Å². The van der Waals surface area contributed by atoms with E-state index in [1.807, 2.05) is 24.3 Å². The average Bonchev–Trinajstić information content (AvgIpc) is 3.17. The van der Waals surface area contributed by atoms with Gasteiger partial charge in [-0.2, -0.15) is 0 Å². The van der Waals surface area contributed by atoms with E-state index < -0.39 is 18.4 Å². The molecule has 0 saturated carbocycles. The third-order valence-corrected chi connectivity index (χ3v) is 7.62. The number of thioether (sulfide) groups is 1. The number of halogens is 2. The molecular formula is C27H26F2N2O2S. The van der Waals surface area contributed by atoms with Crippen molar-refractivity contribution in [2.75, 3.05) is 0 Å². The third-order valence-electron chi connectivity index (χ3n) is 6.14. The first-order chi connectivity index (χ1) is 16.3. The summed E-state index contributed by atoms with van der Waals surface area (Å²) in [5, 5.41) is 9.82. The Labute approximate surface area is 202 Å². The molecule has 0 amide bonds. The van der Waals surface area contributed by atoms with Crippen molar-refractivity contribution in [3.8, 4) is 22.4 Å². The molecule has 1 aromatic carbocycles. The van der Waals surface area contributed by atoms with Crippen LogP contribution < -0.4 is 0 Å². The van der Waals surface area contributed by atoms with Gasteiger partial charge < -0.3 is 9.90 Å². The van der Waals surface area contributed by atoms with Crippen molar-refractivity contribution in [3.63, 3.8) is 0 Å². The number of rotatable bonds is 8. The summed E-state index contributed by atoms with van der Waals surface area (Å²) < 4.78 is 25.8. The predicted octanol–water partition coefficient (Wildman–Crippen LogP) is 6.40. The molecule has 3 unspecified atom stereocenters. The van der Waals surface area contributed by atoms with Crippen LogP contribution in [0.2, 0.25) is 0 Å². The van der Waals surface area contributed by atoms with Gasteiger partial charge in [0.1, 0.15) is 11.9 Å². The van der Waals surface area contributed by atoms with Crippen LogP contribution in [-0.2, 0) is 4.79 Å². The molecular weight excluding hydrogens is 454 g/mol. The molecule has 0 radical (unpaired) electrons. The number of carbonyl (C=O) groups is 1. The van der Waals surface area contributed by atoms with Gasteiger partial charge in [-0.1, -0.05) is 25.6 Å². The summed E-state index contributed by atoms with van der Waals surface area (Å²) in [5.41, 5.74) is 5.98. The number of hydrogen-bond donors (Lipinski definition) is 1. The standard InChI is InChI=1S/C27H26F2N2O2S/c1-15(32)7-10-24-16(2)20-12-19(13-21(26(20)34-24)23-6-4-5-11-30-23)18-8-9-22(31-14-18)17(3)25(33)27(28)29/h4-6,8-9,11-14,17,24-25,27,33H,2,7,10H2,1,3H3. The lowest BCUT2D eigenvalue weighted by molar-refractivity contribution is -0.117. The molecule has 7 heteroatoms. The van der Waals surface area contributed by atoms with Gasteiger partial charge in [0.25, 0.3) is 6.43 Å². The van der Waals surface area contributed by atoms with E-state index in [-0.39, 0.29) is 11.0 Å². The summed E-state index contributed by atoms with van der Waals surface area (Å²) in [6, 6.07) is 13.4. The van der Waals surface area contributed by atoms with Crippen molar-refractivity contribution < 1.29 is 18.7 Å². The maximum atomic E-state index is 12.9. The number of fused-ring (bicyclic) bond motifs is 1. The van der Waals surface area contributed by atoms with Gasteiger partial charge in [-0.25, -0.2) is 8.78 Å². The van der Waals surface area contributed by atoms with Crippen molar-refractivity contribution in [3.05, 3.63) is 72.7 Å². The van der Waals surface area contributed by atoms with Crippen LogP contribution in [0.15, 0.2) is 66.3 Å². The number of Topliss-reactive ketones (excluding diaryl/α,β-unsaturated/α-hetero) is 1. The molecule has 176 valence electrons. The highest BCUT2D eigenvalue weighted by atomic mass is 32.2. The van der Waals surface area contributed by atoms with E-state index in [1.165, 1.54) is 6.92 Å². The molecule has 0 saturated heterocycles. The highest BCUT2D eigenvalue weighted by Crippen LogP contribution is 2.51. The van der Waals surface area contributed by atoms with E-state index in [0.717, 1.165) is 44.8 Å². The topological polar surface area (TPSA) is 63.1 Å². The van der Waals surface area contributed by atoms with Crippen LogP contribution in [0.5, 0.6) is 0 Å². The first kappa shape index (κ1) is 24.2. The molecule has 2 aromatic heterocycles. The Hall–Kier alpha value is -2.90. The van der Waals surface area contributed by atoms with Crippen LogP contribution >= 0.6 is 11.8 Å². The second-order valence-corrected chi connectivity index (χ2v) is 9.79. The Kier molecular flexibility index (Phi) is 7.24. The number of aliphatic hydroxyl groups excluding tert-OH is 1. The molecule has 3 atom stereocenters. The van der Waals surface area contributed by atoms with Gasteiger partial charge in [0.05, 0.1) is 5.69 Å². The van der Waals surface area contributed by atoms with E-state index in [0.29, 0.717) is 12.1 Å². The summed E-state index contributed by atoms with van der Waals surface area (Å²) in [7, 11) is 0. The van der Waals surface area contributed by atoms with Crippen LogP contribution in [0, 0.1) is 0 Å². The Morgan fingerprint density at radius 1 is 1.15 bits per heavy atom. The summed E-state index contributed by atoms with van der Waals surface area (Å²) in [6.07, 6.45) is 0.0407. The van der Waals surface area contributed by atoms with Gasteiger partial charge >= 0.3 is 0 Å². The number of benzene rings is 1. The lowest BCUT2D eigenvalue weighted by Crippen LogP contribution is -2.24. The minimum atomic E-state index is -2.83. The van der Waals surface area contributed by atoms with Gasteiger partial charge in [0, 0.05) is 51.7 Å². The molecule has 0 aliphatic carbocycles. The zero-order chi connectivity index (χ0) is 24.4. The number of pyridine rings is 2. The second-order valence-electron chi connectivity index (χ2n) is 8.57. The smallest absolute Gasteiger partial charge is 0.264 e. The largest absolute Gasteiger partial charge is 0.386 e. The lowest BCUT2D eigenvalue weighted by atomic mass is 9.93. The highest BCUT2D eigenvalue weighted by Gasteiger charge is 2.30. The van der Waals surface area contributed by atoms with Gasteiger partial charge in [-0.15, -0.1) is 11.8 Å². The molecule has 0 bridgehead atoms. The molecule has 3 aromatic rings. The highest BCUT2D eigenvalue weighted by molar-refractivity contribution is 8.01. The Bertz CT molecular complexity index is 1200. The summed E-state index contributed by atoms with van der Waals surface area (Å²) in [4.78, 5) is 21.6. The fraction of sp³-hybridized carbons (Fsp3) is 0.296. The quantitative estimate of drug-likeness (QED) is 0.404.